The second kappa shape index (κ2) is 4.24. The summed E-state index contributed by atoms with van der Waals surface area (Å²) in [5, 5.41) is 9.21. The molecule has 0 aliphatic rings. The maximum absolute atomic E-state index is 9.21. The van der Waals surface area contributed by atoms with Gasteiger partial charge in [-0.1, -0.05) is 24.3 Å². The Hall–Kier alpha value is -0.860. The first-order valence-electron chi connectivity index (χ1n) is 3.99. The lowest BCUT2D eigenvalue weighted by molar-refractivity contribution is -0.0721. The van der Waals surface area contributed by atoms with Crippen LogP contribution < -0.4 is 0 Å². The Morgan fingerprint density at radius 2 is 2.08 bits per heavy atom. The summed E-state index contributed by atoms with van der Waals surface area (Å²) in [5.74, 6) is 0. The van der Waals surface area contributed by atoms with Gasteiger partial charge in [-0.05, 0) is 18.1 Å². The molecule has 1 aromatic carbocycles. The third kappa shape index (κ3) is 2.32. The van der Waals surface area contributed by atoms with Crippen LogP contribution in [0.25, 0.3) is 0 Å². The summed E-state index contributed by atoms with van der Waals surface area (Å²) >= 11 is 0. The van der Waals surface area contributed by atoms with E-state index >= 15 is 0 Å². The van der Waals surface area contributed by atoms with E-state index in [0.717, 1.165) is 5.56 Å². The molecule has 0 aliphatic heterocycles. The van der Waals surface area contributed by atoms with Gasteiger partial charge in [0.25, 0.3) is 0 Å². The first kappa shape index (κ1) is 9.23. The number of hydrogen-bond donors (Lipinski definition) is 1. The Morgan fingerprint density at radius 1 is 1.42 bits per heavy atom. The normalized spacial score (nSPS) is 12.9. The zero-order valence-electron chi connectivity index (χ0n) is 7.45. The molecule has 0 bridgehead atoms. The molecule has 1 aromatic rings. The van der Waals surface area contributed by atoms with Crippen molar-refractivity contribution in [2.75, 3.05) is 7.11 Å². The molecule has 0 heterocycles. The fourth-order valence-corrected chi connectivity index (χ4v) is 1.11. The molecule has 0 amide bonds. The van der Waals surface area contributed by atoms with Crippen molar-refractivity contribution in [3.63, 3.8) is 0 Å². The Bertz CT molecular complexity index is 245. The topological polar surface area (TPSA) is 29.5 Å². The van der Waals surface area contributed by atoms with Crippen molar-refractivity contribution in [3.8, 4) is 0 Å². The summed E-state index contributed by atoms with van der Waals surface area (Å²) in [6, 6.07) is 7.97. The molecular formula is C10H14O2. The second-order valence-electron chi connectivity index (χ2n) is 2.82. The summed E-state index contributed by atoms with van der Waals surface area (Å²) in [5.41, 5.74) is 2.32. The van der Waals surface area contributed by atoms with Gasteiger partial charge >= 0.3 is 0 Å². The number of benzene rings is 1. The quantitative estimate of drug-likeness (QED) is 0.689. The number of aliphatic hydroxyl groups is 1. The predicted octanol–water partition coefficient (Wildman–Crippen LogP) is 1.50. The molecule has 0 aromatic heterocycles. The number of aliphatic hydroxyl groups excluding tert-OH is 1. The summed E-state index contributed by atoms with van der Waals surface area (Å²) in [4.78, 5) is 0. The van der Waals surface area contributed by atoms with Crippen LogP contribution in [0.4, 0.5) is 0 Å². The monoisotopic (exact) mass is 166 g/mol. The summed E-state index contributed by atoms with van der Waals surface area (Å²) in [7, 11) is 1.50. The lowest BCUT2D eigenvalue weighted by Gasteiger charge is -2.09. The first-order chi connectivity index (χ1) is 5.74. The third-order valence-corrected chi connectivity index (χ3v) is 1.93. The highest BCUT2D eigenvalue weighted by atomic mass is 16.6. The highest BCUT2D eigenvalue weighted by molar-refractivity contribution is 5.25. The minimum atomic E-state index is -0.689. The van der Waals surface area contributed by atoms with Crippen LogP contribution in [0.1, 0.15) is 11.1 Å². The van der Waals surface area contributed by atoms with E-state index in [-0.39, 0.29) is 0 Å². The van der Waals surface area contributed by atoms with Gasteiger partial charge in [0.05, 0.1) is 0 Å². The van der Waals surface area contributed by atoms with Crippen LogP contribution >= 0.6 is 0 Å². The molecule has 1 unspecified atom stereocenters. The van der Waals surface area contributed by atoms with E-state index in [0.29, 0.717) is 6.42 Å². The number of rotatable bonds is 3. The molecule has 12 heavy (non-hydrogen) atoms. The molecule has 0 saturated heterocycles. The Kier molecular flexibility index (Phi) is 3.26. The maximum atomic E-state index is 9.21. The van der Waals surface area contributed by atoms with Crippen LogP contribution in [0, 0.1) is 6.92 Å². The van der Waals surface area contributed by atoms with E-state index in [1.807, 2.05) is 31.2 Å². The molecular weight excluding hydrogens is 152 g/mol. The van der Waals surface area contributed by atoms with E-state index in [9.17, 15) is 5.11 Å². The van der Waals surface area contributed by atoms with E-state index < -0.39 is 6.29 Å². The van der Waals surface area contributed by atoms with Gasteiger partial charge in [0.1, 0.15) is 0 Å². The van der Waals surface area contributed by atoms with E-state index in [2.05, 4.69) is 0 Å². The number of aryl methyl sites for hydroxylation is 1. The van der Waals surface area contributed by atoms with Gasteiger partial charge in [0, 0.05) is 13.5 Å². The van der Waals surface area contributed by atoms with Gasteiger partial charge < -0.3 is 9.84 Å². The minimum absolute atomic E-state index is 0.559. The van der Waals surface area contributed by atoms with E-state index in [4.69, 9.17) is 4.74 Å². The number of hydrogen-bond acceptors (Lipinski definition) is 2. The number of methoxy groups -OCH3 is 1. The molecule has 1 N–H and O–H groups in total. The van der Waals surface area contributed by atoms with Crippen molar-refractivity contribution < 1.29 is 9.84 Å². The Balaban J connectivity index is 2.69. The average Bonchev–Trinajstić information content (AvgIpc) is 2.09. The molecule has 2 nitrogen and oxygen atoms in total. The summed E-state index contributed by atoms with van der Waals surface area (Å²) in [6.07, 6.45) is -0.130. The largest absolute Gasteiger partial charge is 0.368 e. The van der Waals surface area contributed by atoms with E-state index in [1.54, 1.807) is 0 Å². The standard InChI is InChI=1S/C10H14O2/c1-8-5-3-4-6-9(8)7-10(11)12-2/h3-6,10-11H,7H2,1-2H3. The van der Waals surface area contributed by atoms with Crippen molar-refractivity contribution in [3.05, 3.63) is 35.4 Å². The smallest absolute Gasteiger partial charge is 0.158 e. The lowest BCUT2D eigenvalue weighted by atomic mass is 10.1. The highest BCUT2D eigenvalue weighted by Gasteiger charge is 2.04. The van der Waals surface area contributed by atoms with Crippen LogP contribution in [0.5, 0.6) is 0 Å². The fraction of sp³-hybridized carbons (Fsp3) is 0.400. The fourth-order valence-electron chi connectivity index (χ4n) is 1.11. The van der Waals surface area contributed by atoms with Crippen molar-refractivity contribution in [1.82, 2.24) is 0 Å². The van der Waals surface area contributed by atoms with Crippen LogP contribution in [0.15, 0.2) is 24.3 Å². The predicted molar refractivity (Wildman–Crippen MR) is 47.9 cm³/mol. The van der Waals surface area contributed by atoms with Gasteiger partial charge in [-0.3, -0.25) is 0 Å². The summed E-state index contributed by atoms with van der Waals surface area (Å²) in [6.45, 7) is 2.03. The summed E-state index contributed by atoms with van der Waals surface area (Å²) < 4.78 is 4.76. The minimum Gasteiger partial charge on any atom is -0.368 e. The molecule has 0 radical (unpaired) electrons. The zero-order valence-corrected chi connectivity index (χ0v) is 7.45. The van der Waals surface area contributed by atoms with Gasteiger partial charge in [-0.15, -0.1) is 0 Å². The first-order valence-corrected chi connectivity index (χ1v) is 3.99. The Morgan fingerprint density at radius 3 is 2.67 bits per heavy atom. The molecule has 66 valence electrons. The van der Waals surface area contributed by atoms with Crippen LogP contribution in [-0.2, 0) is 11.2 Å². The van der Waals surface area contributed by atoms with Crippen LogP contribution in [0.2, 0.25) is 0 Å². The van der Waals surface area contributed by atoms with Crippen molar-refractivity contribution in [1.29, 1.82) is 0 Å². The maximum Gasteiger partial charge on any atom is 0.158 e. The van der Waals surface area contributed by atoms with Gasteiger partial charge in [0.15, 0.2) is 6.29 Å². The second-order valence-corrected chi connectivity index (χ2v) is 2.82. The molecule has 1 atom stereocenters. The van der Waals surface area contributed by atoms with Gasteiger partial charge in [-0.2, -0.15) is 0 Å². The van der Waals surface area contributed by atoms with E-state index in [1.165, 1.54) is 12.7 Å². The SMILES string of the molecule is COC(O)Cc1ccccc1C. The van der Waals surface area contributed by atoms with Crippen molar-refractivity contribution >= 4 is 0 Å². The van der Waals surface area contributed by atoms with Crippen LogP contribution in [-0.4, -0.2) is 18.5 Å². The lowest BCUT2D eigenvalue weighted by Crippen LogP contribution is -2.12. The highest BCUT2D eigenvalue weighted by Crippen LogP contribution is 2.09. The van der Waals surface area contributed by atoms with Gasteiger partial charge in [0.2, 0.25) is 0 Å². The zero-order chi connectivity index (χ0) is 8.97. The molecule has 0 spiro atoms. The molecule has 0 aliphatic carbocycles. The van der Waals surface area contributed by atoms with Crippen molar-refractivity contribution in [2.24, 2.45) is 0 Å². The Labute approximate surface area is 72.8 Å². The molecule has 0 saturated carbocycles. The molecule has 1 rings (SSSR count). The third-order valence-electron chi connectivity index (χ3n) is 1.93. The van der Waals surface area contributed by atoms with Gasteiger partial charge in [-0.25, -0.2) is 0 Å². The van der Waals surface area contributed by atoms with Crippen LogP contribution in [0.3, 0.4) is 0 Å². The number of ether oxygens (including phenoxy) is 1. The molecule has 0 fully saturated rings. The average molecular weight is 166 g/mol. The molecule has 2 heteroatoms. The van der Waals surface area contributed by atoms with Crippen molar-refractivity contribution in [2.45, 2.75) is 19.6 Å².